The van der Waals surface area contributed by atoms with Gasteiger partial charge < -0.3 is 0 Å². The summed E-state index contributed by atoms with van der Waals surface area (Å²) >= 11 is 9.16. The molecular weight excluding hydrogens is 338 g/mol. The molecule has 0 aliphatic rings. The van der Waals surface area contributed by atoms with Gasteiger partial charge in [-0.1, -0.05) is 17.7 Å². The quantitative estimate of drug-likeness (QED) is 0.706. The minimum Gasteiger partial charge on any atom is -0.288 e. The van der Waals surface area contributed by atoms with Crippen LogP contribution in [0.2, 0.25) is 5.02 Å². The Morgan fingerprint density at radius 3 is 2.53 bits per heavy atom. The maximum absolute atomic E-state index is 13.8. The summed E-state index contributed by atoms with van der Waals surface area (Å²) in [5, 5.41) is 0.174. The number of benzene rings is 2. The topological polar surface area (TPSA) is 17.1 Å². The molecule has 0 radical (unpaired) electrons. The van der Waals surface area contributed by atoms with Gasteiger partial charge in [0, 0.05) is 10.0 Å². The van der Waals surface area contributed by atoms with Crippen LogP contribution in [-0.2, 0) is 0 Å². The summed E-state index contributed by atoms with van der Waals surface area (Å²) in [6.45, 7) is 1.43. The lowest BCUT2D eigenvalue weighted by atomic mass is 10.0. The average molecular weight is 346 g/mol. The number of hydrogen-bond acceptors (Lipinski definition) is 1. The minimum absolute atomic E-state index is 0.123. The first kappa shape index (κ1) is 14.2. The third-order valence-electron chi connectivity index (χ3n) is 2.69. The molecule has 0 saturated heterocycles. The van der Waals surface area contributed by atoms with E-state index in [-0.39, 0.29) is 21.7 Å². The second-order valence-electron chi connectivity index (χ2n) is 4.01. The summed E-state index contributed by atoms with van der Waals surface area (Å²) in [5.74, 6) is -2.04. The van der Waals surface area contributed by atoms with E-state index in [1.54, 1.807) is 12.1 Å². The highest BCUT2D eigenvalue weighted by molar-refractivity contribution is 9.10. The summed E-state index contributed by atoms with van der Waals surface area (Å²) in [6, 6.07) is 6.61. The lowest BCUT2D eigenvalue weighted by Gasteiger charge is -2.07. The van der Waals surface area contributed by atoms with Crippen molar-refractivity contribution in [2.24, 2.45) is 0 Å². The van der Waals surface area contributed by atoms with Crippen LogP contribution >= 0.6 is 27.5 Å². The summed E-state index contributed by atoms with van der Waals surface area (Å²) in [5.41, 5.74) is -0.0596. The van der Waals surface area contributed by atoms with Crippen LogP contribution in [0.5, 0.6) is 0 Å². The second kappa shape index (κ2) is 5.39. The van der Waals surface area contributed by atoms with Gasteiger partial charge in [-0.25, -0.2) is 8.78 Å². The number of carbonyl (C=O) groups excluding carboxylic acids is 1. The fourth-order valence-corrected chi connectivity index (χ4v) is 2.22. The number of carbonyl (C=O) groups is 1. The average Bonchev–Trinajstić information content (AvgIpc) is 2.36. The van der Waals surface area contributed by atoms with Gasteiger partial charge in [0.25, 0.3) is 0 Å². The molecule has 0 unspecified atom stereocenters. The monoisotopic (exact) mass is 344 g/mol. The fourth-order valence-electron chi connectivity index (χ4n) is 1.64. The third-order valence-corrected chi connectivity index (χ3v) is 3.99. The summed E-state index contributed by atoms with van der Waals surface area (Å²) in [6.07, 6.45) is 0. The van der Waals surface area contributed by atoms with Crippen LogP contribution < -0.4 is 0 Å². The van der Waals surface area contributed by atoms with Gasteiger partial charge in [-0.3, -0.25) is 4.79 Å². The van der Waals surface area contributed by atoms with Gasteiger partial charge in [0.05, 0.1) is 10.6 Å². The molecule has 1 nitrogen and oxygen atoms in total. The maximum atomic E-state index is 13.8. The number of hydrogen-bond donors (Lipinski definition) is 0. The molecule has 0 atom stereocenters. The number of halogens is 4. The van der Waals surface area contributed by atoms with Crippen LogP contribution in [0, 0.1) is 18.6 Å². The Balaban J connectivity index is 2.56. The van der Waals surface area contributed by atoms with E-state index >= 15 is 0 Å². The minimum atomic E-state index is -0.764. The van der Waals surface area contributed by atoms with Crippen molar-refractivity contribution in [1.82, 2.24) is 0 Å². The normalized spacial score (nSPS) is 10.6. The van der Waals surface area contributed by atoms with Crippen molar-refractivity contribution in [3.8, 4) is 0 Å². The standard InChI is InChI=1S/C14H8BrClF2O/c1-7-5-12(18)9(6-11(7)17)14(19)8-3-2-4-10(15)13(8)16/h2-6H,1H3. The van der Waals surface area contributed by atoms with Crippen molar-refractivity contribution in [1.29, 1.82) is 0 Å². The summed E-state index contributed by atoms with van der Waals surface area (Å²) in [4.78, 5) is 12.2. The first-order valence-corrected chi connectivity index (χ1v) is 6.53. The van der Waals surface area contributed by atoms with Crippen molar-refractivity contribution >= 4 is 33.3 Å². The first-order valence-electron chi connectivity index (χ1n) is 5.36. The van der Waals surface area contributed by atoms with Gasteiger partial charge in [0.15, 0.2) is 5.78 Å². The van der Waals surface area contributed by atoms with E-state index < -0.39 is 17.4 Å². The predicted molar refractivity (Wildman–Crippen MR) is 73.7 cm³/mol. The molecule has 0 N–H and O–H groups in total. The van der Waals surface area contributed by atoms with Crippen molar-refractivity contribution in [2.45, 2.75) is 6.92 Å². The molecule has 0 heterocycles. The Morgan fingerprint density at radius 2 is 1.84 bits per heavy atom. The van der Waals surface area contributed by atoms with Crippen molar-refractivity contribution in [3.63, 3.8) is 0 Å². The molecule has 2 aromatic rings. The predicted octanol–water partition coefficient (Wildman–Crippen LogP) is 4.92. The van der Waals surface area contributed by atoms with E-state index in [1.807, 2.05) is 0 Å². The Labute approximate surface area is 122 Å². The zero-order chi connectivity index (χ0) is 14.2. The fraction of sp³-hybridized carbons (Fsp3) is 0.0714. The van der Waals surface area contributed by atoms with E-state index in [2.05, 4.69) is 15.9 Å². The van der Waals surface area contributed by atoms with E-state index in [0.29, 0.717) is 4.47 Å². The molecule has 0 aromatic heterocycles. The largest absolute Gasteiger partial charge is 0.288 e. The molecule has 2 rings (SSSR count). The van der Waals surface area contributed by atoms with Crippen LogP contribution in [0.15, 0.2) is 34.8 Å². The molecule has 0 aliphatic carbocycles. The van der Waals surface area contributed by atoms with Gasteiger partial charge in [-0.2, -0.15) is 0 Å². The van der Waals surface area contributed by atoms with Crippen LogP contribution in [-0.4, -0.2) is 5.78 Å². The molecule has 0 amide bonds. The number of ketones is 1. The number of aryl methyl sites for hydroxylation is 1. The Kier molecular flexibility index (Phi) is 4.02. The van der Waals surface area contributed by atoms with Crippen molar-refractivity contribution in [3.05, 3.63) is 68.2 Å². The molecule has 0 aliphatic heterocycles. The molecule has 19 heavy (non-hydrogen) atoms. The van der Waals surface area contributed by atoms with Crippen LogP contribution in [0.4, 0.5) is 8.78 Å². The lowest BCUT2D eigenvalue weighted by molar-refractivity contribution is 0.103. The molecule has 0 bridgehead atoms. The highest BCUT2D eigenvalue weighted by atomic mass is 79.9. The maximum Gasteiger partial charge on any atom is 0.197 e. The van der Waals surface area contributed by atoms with E-state index in [0.717, 1.165) is 12.1 Å². The molecule has 0 saturated carbocycles. The first-order chi connectivity index (χ1) is 8.91. The molecule has 98 valence electrons. The summed E-state index contributed by atoms with van der Waals surface area (Å²) in [7, 11) is 0. The Bertz CT molecular complexity index is 671. The zero-order valence-corrected chi connectivity index (χ0v) is 12.1. The van der Waals surface area contributed by atoms with E-state index in [9.17, 15) is 13.6 Å². The lowest BCUT2D eigenvalue weighted by Crippen LogP contribution is -2.06. The summed E-state index contributed by atoms with van der Waals surface area (Å²) < 4.78 is 27.7. The smallest absolute Gasteiger partial charge is 0.197 e. The Hall–Kier alpha value is -1.26. The molecule has 5 heteroatoms. The Morgan fingerprint density at radius 1 is 1.16 bits per heavy atom. The second-order valence-corrected chi connectivity index (χ2v) is 5.24. The van der Waals surface area contributed by atoms with Gasteiger partial charge in [-0.15, -0.1) is 0 Å². The van der Waals surface area contributed by atoms with Crippen molar-refractivity contribution in [2.75, 3.05) is 0 Å². The van der Waals surface area contributed by atoms with Crippen LogP contribution in [0.3, 0.4) is 0 Å². The van der Waals surface area contributed by atoms with Gasteiger partial charge in [0.2, 0.25) is 0 Å². The SMILES string of the molecule is Cc1cc(F)c(C(=O)c2cccc(Br)c2Cl)cc1F. The highest BCUT2D eigenvalue weighted by Gasteiger charge is 2.19. The van der Waals surface area contributed by atoms with Crippen LogP contribution in [0.25, 0.3) is 0 Å². The third kappa shape index (κ3) is 2.69. The van der Waals surface area contributed by atoms with Gasteiger partial charge in [-0.05, 0) is 52.7 Å². The molecule has 2 aromatic carbocycles. The molecular formula is C14H8BrClF2O. The van der Waals surface area contributed by atoms with Crippen LogP contribution in [0.1, 0.15) is 21.5 Å². The zero-order valence-electron chi connectivity index (χ0n) is 9.81. The van der Waals surface area contributed by atoms with E-state index in [4.69, 9.17) is 11.6 Å². The number of rotatable bonds is 2. The van der Waals surface area contributed by atoms with Gasteiger partial charge >= 0.3 is 0 Å². The highest BCUT2D eigenvalue weighted by Crippen LogP contribution is 2.28. The van der Waals surface area contributed by atoms with E-state index in [1.165, 1.54) is 13.0 Å². The molecule has 0 fully saturated rings. The van der Waals surface area contributed by atoms with Crippen molar-refractivity contribution < 1.29 is 13.6 Å². The van der Waals surface area contributed by atoms with Gasteiger partial charge in [0.1, 0.15) is 11.6 Å². The molecule has 0 spiro atoms.